The highest BCUT2D eigenvalue weighted by Gasteiger charge is 2.33. The van der Waals surface area contributed by atoms with Gasteiger partial charge in [-0.2, -0.15) is 0 Å². The van der Waals surface area contributed by atoms with Crippen LogP contribution in [0.25, 0.3) is 0 Å². The third-order valence-electron chi connectivity index (χ3n) is 5.51. The summed E-state index contributed by atoms with van der Waals surface area (Å²) in [6, 6.07) is 13.7. The second-order valence-corrected chi connectivity index (χ2v) is 9.55. The van der Waals surface area contributed by atoms with Crippen molar-refractivity contribution in [3.63, 3.8) is 0 Å². The quantitative estimate of drug-likeness (QED) is 0.426. The summed E-state index contributed by atoms with van der Waals surface area (Å²) in [5.41, 5.74) is 3.83. The van der Waals surface area contributed by atoms with Gasteiger partial charge in [0.15, 0.2) is 0 Å². The van der Waals surface area contributed by atoms with Crippen molar-refractivity contribution in [3.05, 3.63) is 70.2 Å². The first-order valence-corrected chi connectivity index (χ1v) is 12.1. The molecular weight excluding hydrogens is 428 g/mol. The molecule has 4 rings (SSSR count). The molecule has 2 heterocycles. The number of amides is 1. The van der Waals surface area contributed by atoms with Crippen LogP contribution < -0.4 is 9.47 Å². The van der Waals surface area contributed by atoms with Gasteiger partial charge >= 0.3 is 0 Å². The van der Waals surface area contributed by atoms with Crippen LogP contribution in [0, 0.1) is 6.92 Å². The van der Waals surface area contributed by atoms with E-state index in [1.807, 2.05) is 54.3 Å². The number of nitrogens with zero attached hydrogens (tertiary/aromatic N) is 2. The van der Waals surface area contributed by atoms with E-state index in [0.717, 1.165) is 63.4 Å². The molecule has 1 aliphatic heterocycles. The van der Waals surface area contributed by atoms with Gasteiger partial charge in [-0.15, -0.1) is 11.3 Å². The smallest absolute Gasteiger partial charge is 0.254 e. The van der Waals surface area contributed by atoms with Crippen molar-refractivity contribution < 1.29 is 14.3 Å². The average Bonchev–Trinajstić information content (AvgIpc) is 3.46. The Balaban J connectivity index is 1.59. The molecule has 1 aliphatic rings. The molecule has 2 aromatic carbocycles. The number of thioether (sulfide) groups is 1. The molecule has 1 amide bonds. The van der Waals surface area contributed by atoms with E-state index in [4.69, 9.17) is 9.47 Å². The summed E-state index contributed by atoms with van der Waals surface area (Å²) < 4.78 is 12.1. The fourth-order valence-electron chi connectivity index (χ4n) is 3.98. The maximum Gasteiger partial charge on any atom is 0.254 e. The predicted molar refractivity (Wildman–Crippen MR) is 125 cm³/mol. The highest BCUT2D eigenvalue weighted by atomic mass is 32.2. The number of methoxy groups -OCH3 is 2. The van der Waals surface area contributed by atoms with E-state index >= 15 is 0 Å². The van der Waals surface area contributed by atoms with Crippen LogP contribution in [-0.2, 0) is 5.75 Å². The van der Waals surface area contributed by atoms with Gasteiger partial charge in [0.25, 0.3) is 5.91 Å². The van der Waals surface area contributed by atoms with Gasteiger partial charge in [-0.1, -0.05) is 30.0 Å². The summed E-state index contributed by atoms with van der Waals surface area (Å²) in [6.07, 6.45) is 1.87. The predicted octanol–water partition coefficient (Wildman–Crippen LogP) is 5.74. The van der Waals surface area contributed by atoms with Gasteiger partial charge in [-0.3, -0.25) is 4.79 Å². The van der Waals surface area contributed by atoms with Crippen molar-refractivity contribution in [2.45, 2.75) is 35.9 Å². The summed E-state index contributed by atoms with van der Waals surface area (Å²) in [7, 11) is 3.32. The fraction of sp³-hybridized carbons (Fsp3) is 0.333. The van der Waals surface area contributed by atoms with E-state index in [9.17, 15) is 4.79 Å². The topological polar surface area (TPSA) is 51.7 Å². The number of aromatic nitrogens is 1. The van der Waals surface area contributed by atoms with Crippen molar-refractivity contribution in [2.24, 2.45) is 0 Å². The first kappa shape index (κ1) is 21.7. The zero-order valence-electron chi connectivity index (χ0n) is 18.0. The minimum absolute atomic E-state index is 0.0279. The Morgan fingerprint density at radius 3 is 2.81 bits per heavy atom. The van der Waals surface area contributed by atoms with E-state index in [2.05, 4.69) is 10.4 Å². The molecule has 5 nitrogen and oxygen atoms in total. The first-order valence-electron chi connectivity index (χ1n) is 10.3. The molecule has 1 fully saturated rings. The van der Waals surface area contributed by atoms with Gasteiger partial charge in [0, 0.05) is 34.5 Å². The van der Waals surface area contributed by atoms with Crippen molar-refractivity contribution >= 4 is 29.0 Å². The number of benzene rings is 2. The average molecular weight is 455 g/mol. The summed E-state index contributed by atoms with van der Waals surface area (Å²) in [5.74, 6) is 2.34. The first-order chi connectivity index (χ1) is 15.1. The van der Waals surface area contributed by atoms with E-state index < -0.39 is 0 Å². The fourth-order valence-corrected chi connectivity index (χ4v) is 5.83. The molecule has 162 valence electrons. The summed E-state index contributed by atoms with van der Waals surface area (Å²) in [4.78, 5) is 20.2. The Hall–Kier alpha value is -2.51. The maximum atomic E-state index is 13.7. The van der Waals surface area contributed by atoms with Gasteiger partial charge in [0.1, 0.15) is 15.8 Å². The Kier molecular flexibility index (Phi) is 6.83. The number of likely N-dealkylation sites (tertiary alicyclic amines) is 1. The lowest BCUT2D eigenvalue weighted by Gasteiger charge is -2.27. The molecule has 0 bridgehead atoms. The van der Waals surface area contributed by atoms with Crippen LogP contribution in [0.1, 0.15) is 46.1 Å². The largest absolute Gasteiger partial charge is 0.497 e. The Morgan fingerprint density at radius 1 is 1.23 bits per heavy atom. The van der Waals surface area contributed by atoms with Gasteiger partial charge < -0.3 is 14.4 Å². The second-order valence-electron chi connectivity index (χ2n) is 7.47. The molecule has 0 radical (unpaired) electrons. The van der Waals surface area contributed by atoms with Gasteiger partial charge in [-0.05, 0) is 49.6 Å². The highest BCUT2D eigenvalue weighted by molar-refractivity contribution is 8.00. The summed E-state index contributed by atoms with van der Waals surface area (Å²) >= 11 is 3.32. The highest BCUT2D eigenvalue weighted by Crippen LogP contribution is 2.40. The summed E-state index contributed by atoms with van der Waals surface area (Å²) in [5, 5.41) is 2.05. The standard InChI is InChI=1S/C24H26N2O3S2/c1-16-14-30-24(25-16)31-15-17-7-4-5-8-19(17)23(27)26-12-6-9-21(26)20-13-18(28-2)10-11-22(20)29-3/h4-5,7-8,10-11,13-14,21H,6,9,12,15H2,1-3H3/t21-/m1/s1. The number of ether oxygens (including phenoxy) is 2. The zero-order chi connectivity index (χ0) is 21.8. The third kappa shape index (κ3) is 4.72. The van der Waals surface area contributed by atoms with Gasteiger partial charge in [0.2, 0.25) is 0 Å². The number of rotatable bonds is 7. The Morgan fingerprint density at radius 2 is 2.06 bits per heavy atom. The van der Waals surface area contributed by atoms with Crippen LogP contribution in [0.2, 0.25) is 0 Å². The lowest BCUT2D eigenvalue weighted by atomic mass is 10.0. The van der Waals surface area contributed by atoms with Crippen molar-refractivity contribution in [1.29, 1.82) is 0 Å². The number of carbonyl (C=O) groups excluding carboxylic acids is 1. The number of aryl methyl sites for hydroxylation is 1. The normalized spacial score (nSPS) is 15.8. The van der Waals surface area contributed by atoms with Crippen LogP contribution in [0.5, 0.6) is 11.5 Å². The monoisotopic (exact) mass is 454 g/mol. The SMILES string of the molecule is COc1ccc(OC)c([C@H]2CCCN2C(=O)c2ccccc2CSc2nc(C)cs2)c1. The Bertz CT molecular complexity index is 1070. The molecule has 0 aliphatic carbocycles. The lowest BCUT2D eigenvalue weighted by molar-refractivity contribution is 0.0733. The molecule has 1 atom stereocenters. The minimum Gasteiger partial charge on any atom is -0.497 e. The van der Waals surface area contributed by atoms with E-state index in [1.165, 1.54) is 0 Å². The van der Waals surface area contributed by atoms with Crippen LogP contribution in [0.4, 0.5) is 0 Å². The van der Waals surface area contributed by atoms with Crippen LogP contribution >= 0.6 is 23.1 Å². The third-order valence-corrected chi connectivity index (χ3v) is 7.69. The molecular formula is C24H26N2O3S2. The van der Waals surface area contributed by atoms with Crippen LogP contribution in [0.15, 0.2) is 52.2 Å². The molecule has 31 heavy (non-hydrogen) atoms. The second kappa shape index (κ2) is 9.75. The van der Waals surface area contributed by atoms with Crippen LogP contribution in [-0.4, -0.2) is 36.6 Å². The minimum atomic E-state index is -0.0279. The van der Waals surface area contributed by atoms with Gasteiger partial charge in [0.05, 0.1) is 20.3 Å². The molecule has 0 spiro atoms. The zero-order valence-corrected chi connectivity index (χ0v) is 19.6. The van der Waals surface area contributed by atoms with Gasteiger partial charge in [-0.25, -0.2) is 4.98 Å². The molecule has 0 unspecified atom stereocenters. The molecule has 0 saturated carbocycles. The molecule has 3 aromatic rings. The number of hydrogen-bond donors (Lipinski definition) is 0. The number of carbonyl (C=O) groups is 1. The van der Waals surface area contributed by atoms with Crippen molar-refractivity contribution in [2.75, 3.05) is 20.8 Å². The molecule has 0 N–H and O–H groups in total. The molecule has 1 saturated heterocycles. The maximum absolute atomic E-state index is 13.7. The van der Waals surface area contributed by atoms with Crippen molar-refractivity contribution in [3.8, 4) is 11.5 Å². The number of thiazole rings is 1. The van der Waals surface area contributed by atoms with Crippen molar-refractivity contribution in [1.82, 2.24) is 9.88 Å². The van der Waals surface area contributed by atoms with E-state index in [0.29, 0.717) is 0 Å². The Labute approximate surface area is 191 Å². The number of hydrogen-bond acceptors (Lipinski definition) is 6. The molecule has 1 aromatic heterocycles. The van der Waals surface area contributed by atoms with E-state index in [1.54, 1.807) is 37.3 Å². The lowest BCUT2D eigenvalue weighted by Crippen LogP contribution is -2.31. The molecule has 7 heteroatoms. The van der Waals surface area contributed by atoms with E-state index in [-0.39, 0.29) is 11.9 Å². The van der Waals surface area contributed by atoms with Crippen LogP contribution in [0.3, 0.4) is 0 Å². The summed E-state index contributed by atoms with van der Waals surface area (Å²) in [6.45, 7) is 2.73.